The van der Waals surface area contributed by atoms with Gasteiger partial charge >= 0.3 is 5.97 Å². The summed E-state index contributed by atoms with van der Waals surface area (Å²) in [6.07, 6.45) is 0. The zero-order chi connectivity index (χ0) is 20.6. The Kier molecular flexibility index (Phi) is 4.93. The highest BCUT2D eigenvalue weighted by molar-refractivity contribution is 6.06. The molecule has 7 heteroatoms. The topological polar surface area (TPSA) is 97.0 Å². The second-order valence-corrected chi connectivity index (χ2v) is 7.73. The van der Waals surface area contributed by atoms with Crippen LogP contribution < -0.4 is 5.32 Å². The summed E-state index contributed by atoms with van der Waals surface area (Å²) in [6, 6.07) is 7.25. The number of nitrogens with one attached hydrogen (secondary N) is 2. The molecule has 0 aliphatic heterocycles. The summed E-state index contributed by atoms with van der Waals surface area (Å²) in [6.45, 7) is 9.47. The third-order valence-corrected chi connectivity index (χ3v) is 4.23. The number of aromatic amines is 1. The molecule has 3 aromatic rings. The normalized spacial score (nSPS) is 11.5. The van der Waals surface area contributed by atoms with Crippen LogP contribution in [0.3, 0.4) is 0 Å². The summed E-state index contributed by atoms with van der Waals surface area (Å²) >= 11 is 0. The average molecular weight is 380 g/mol. The van der Waals surface area contributed by atoms with Gasteiger partial charge in [-0.3, -0.25) is 4.79 Å². The van der Waals surface area contributed by atoms with Crippen molar-refractivity contribution in [1.29, 1.82) is 0 Å². The van der Waals surface area contributed by atoms with Gasteiger partial charge in [0.2, 0.25) is 0 Å². The smallest absolute Gasteiger partial charge is 0.340 e. The lowest BCUT2D eigenvalue weighted by Crippen LogP contribution is -2.27. The Bertz CT molecular complexity index is 1080. The Morgan fingerprint density at radius 1 is 1.18 bits per heavy atom. The molecule has 2 N–H and O–H groups in total. The number of fused-ring (bicyclic) bond motifs is 1. The van der Waals surface area contributed by atoms with Gasteiger partial charge in [0, 0.05) is 23.7 Å². The highest BCUT2D eigenvalue weighted by atomic mass is 16.5. The largest absolute Gasteiger partial charge is 0.465 e. The fraction of sp³-hybridized carbons (Fsp3) is 0.333. The number of carbonyl (C=O) groups is 2. The fourth-order valence-electron chi connectivity index (χ4n) is 3.00. The molecule has 0 aliphatic carbocycles. The summed E-state index contributed by atoms with van der Waals surface area (Å²) < 4.78 is 4.80. The Morgan fingerprint density at radius 3 is 2.50 bits per heavy atom. The van der Waals surface area contributed by atoms with E-state index in [0.717, 1.165) is 16.8 Å². The van der Waals surface area contributed by atoms with Gasteiger partial charge in [-0.15, -0.1) is 0 Å². The lowest BCUT2D eigenvalue weighted by molar-refractivity contribution is 0.0597. The van der Waals surface area contributed by atoms with Gasteiger partial charge in [0.1, 0.15) is 11.3 Å². The molecule has 28 heavy (non-hydrogen) atoms. The number of para-hydroxylation sites is 1. The van der Waals surface area contributed by atoms with Gasteiger partial charge in [-0.2, -0.15) is 0 Å². The highest BCUT2D eigenvalue weighted by Gasteiger charge is 2.21. The van der Waals surface area contributed by atoms with E-state index in [9.17, 15) is 9.59 Å². The predicted octanol–water partition coefficient (Wildman–Crippen LogP) is 4.13. The number of carbonyl (C=O) groups excluding carboxylic acids is 2. The maximum Gasteiger partial charge on any atom is 0.340 e. The molecule has 0 bridgehead atoms. The monoisotopic (exact) mass is 380 g/mol. The molecular formula is C21H24N4O3. The van der Waals surface area contributed by atoms with Gasteiger partial charge in [-0.1, -0.05) is 12.1 Å². The molecule has 0 unspecified atom stereocenters. The summed E-state index contributed by atoms with van der Waals surface area (Å²) in [4.78, 5) is 36.5. The van der Waals surface area contributed by atoms with E-state index in [2.05, 4.69) is 36.1 Å². The van der Waals surface area contributed by atoms with Crippen molar-refractivity contribution in [2.45, 2.75) is 40.2 Å². The third-order valence-electron chi connectivity index (χ3n) is 4.23. The van der Waals surface area contributed by atoms with E-state index in [1.807, 2.05) is 25.1 Å². The minimum absolute atomic E-state index is 0.172. The molecule has 0 saturated carbocycles. The van der Waals surface area contributed by atoms with Gasteiger partial charge in [0.05, 0.1) is 29.6 Å². The van der Waals surface area contributed by atoms with Crippen molar-refractivity contribution in [1.82, 2.24) is 15.0 Å². The first-order valence-corrected chi connectivity index (χ1v) is 8.99. The first kappa shape index (κ1) is 19.5. The number of aromatic nitrogens is 3. The molecule has 146 valence electrons. The number of H-pyrrole nitrogens is 1. The van der Waals surface area contributed by atoms with E-state index in [1.165, 1.54) is 14.0 Å². The van der Waals surface area contributed by atoms with Crippen LogP contribution in [-0.4, -0.2) is 39.4 Å². The molecule has 0 fully saturated rings. The van der Waals surface area contributed by atoms with Gasteiger partial charge < -0.3 is 15.0 Å². The van der Waals surface area contributed by atoms with Crippen molar-refractivity contribution in [3.63, 3.8) is 0 Å². The van der Waals surface area contributed by atoms with E-state index >= 15 is 0 Å². The summed E-state index contributed by atoms with van der Waals surface area (Å²) in [5, 5.41) is 3.37. The van der Waals surface area contributed by atoms with Crippen molar-refractivity contribution in [2.24, 2.45) is 0 Å². The molecule has 0 aliphatic rings. The van der Waals surface area contributed by atoms with Crippen LogP contribution in [-0.2, 0) is 4.74 Å². The number of hydrogen-bond acceptors (Lipinski definition) is 6. The minimum Gasteiger partial charge on any atom is -0.465 e. The number of methoxy groups -OCH3 is 1. The molecule has 2 aromatic heterocycles. The maximum atomic E-state index is 12.1. The molecule has 0 spiro atoms. The Morgan fingerprint density at radius 2 is 1.89 bits per heavy atom. The number of anilines is 1. The van der Waals surface area contributed by atoms with E-state index in [4.69, 9.17) is 9.72 Å². The zero-order valence-corrected chi connectivity index (χ0v) is 16.9. The number of esters is 1. The Hall–Kier alpha value is -3.22. The van der Waals surface area contributed by atoms with E-state index in [-0.39, 0.29) is 22.6 Å². The average Bonchev–Trinajstić information content (AvgIpc) is 3.05. The van der Waals surface area contributed by atoms with Crippen molar-refractivity contribution >= 4 is 28.6 Å². The maximum absolute atomic E-state index is 12.1. The van der Waals surface area contributed by atoms with Crippen LogP contribution in [0.1, 0.15) is 54.2 Å². The summed E-state index contributed by atoms with van der Waals surface area (Å²) in [5.74, 6) is -0.118. The lowest BCUT2D eigenvalue weighted by atomic mass is 10.1. The molecule has 0 saturated heterocycles. The highest BCUT2D eigenvalue weighted by Crippen LogP contribution is 2.30. The molecule has 0 amide bonds. The summed E-state index contributed by atoms with van der Waals surface area (Å²) in [7, 11) is 1.29. The van der Waals surface area contributed by atoms with Crippen molar-refractivity contribution in [3.8, 4) is 11.3 Å². The van der Waals surface area contributed by atoms with Crippen molar-refractivity contribution in [3.05, 3.63) is 41.2 Å². The van der Waals surface area contributed by atoms with Gasteiger partial charge in [0.15, 0.2) is 5.78 Å². The lowest BCUT2D eigenvalue weighted by Gasteiger charge is -2.22. The van der Waals surface area contributed by atoms with Gasteiger partial charge in [0.25, 0.3) is 0 Å². The van der Waals surface area contributed by atoms with Crippen LogP contribution in [0.4, 0.5) is 5.82 Å². The van der Waals surface area contributed by atoms with Crippen LogP contribution in [0.2, 0.25) is 0 Å². The van der Waals surface area contributed by atoms with Crippen LogP contribution in [0.5, 0.6) is 0 Å². The third kappa shape index (κ3) is 3.74. The van der Waals surface area contributed by atoms with Crippen molar-refractivity contribution in [2.75, 3.05) is 12.4 Å². The van der Waals surface area contributed by atoms with Crippen LogP contribution in [0.25, 0.3) is 22.3 Å². The first-order chi connectivity index (χ1) is 13.1. The number of benzene rings is 1. The van der Waals surface area contributed by atoms with Crippen molar-refractivity contribution < 1.29 is 14.3 Å². The number of hydrogen-bond donors (Lipinski definition) is 2. The summed E-state index contributed by atoms with van der Waals surface area (Å²) in [5.41, 5.74) is 3.80. The van der Waals surface area contributed by atoms with E-state index in [0.29, 0.717) is 17.0 Å². The molecule has 0 radical (unpaired) electrons. The fourth-order valence-corrected chi connectivity index (χ4v) is 3.00. The SMILES string of the molecule is COC(=O)c1cc(-c2cccc3nc(C)c(NC(C)(C)C)nc23)[nH]c1C(C)=O. The first-order valence-electron chi connectivity index (χ1n) is 8.99. The molecule has 2 heterocycles. The minimum atomic E-state index is -0.565. The van der Waals surface area contributed by atoms with E-state index < -0.39 is 5.97 Å². The van der Waals surface area contributed by atoms with Crippen LogP contribution in [0.15, 0.2) is 24.3 Å². The van der Waals surface area contributed by atoms with Gasteiger partial charge in [-0.05, 0) is 39.8 Å². The molecule has 1 aromatic carbocycles. The standard InChI is InChI=1S/C21H24N4O3/c1-11-19(25-21(3,4)5)24-18-13(8-7-9-15(18)22-11)16-10-14(20(27)28-6)17(23-16)12(2)26/h7-10,23H,1-6H3,(H,24,25). The number of rotatable bonds is 4. The molecule has 0 atom stereocenters. The predicted molar refractivity (Wildman–Crippen MR) is 109 cm³/mol. The van der Waals surface area contributed by atoms with E-state index in [1.54, 1.807) is 6.07 Å². The number of nitrogens with zero attached hydrogens (tertiary/aromatic N) is 2. The zero-order valence-electron chi connectivity index (χ0n) is 16.9. The molecular weight excluding hydrogens is 356 g/mol. The van der Waals surface area contributed by atoms with Crippen LogP contribution in [0, 0.1) is 6.92 Å². The second-order valence-electron chi connectivity index (χ2n) is 7.73. The quantitative estimate of drug-likeness (QED) is 0.522. The number of Topliss-reactive ketones (excluding diaryl/α,β-unsaturated/α-hetero) is 1. The molecule has 7 nitrogen and oxygen atoms in total. The Balaban J connectivity index is 2.22. The second kappa shape index (κ2) is 7.07. The number of ketones is 1. The molecule has 3 rings (SSSR count). The Labute approximate surface area is 163 Å². The number of aryl methyl sites for hydroxylation is 1. The number of ether oxygens (including phenoxy) is 1. The van der Waals surface area contributed by atoms with Gasteiger partial charge in [-0.25, -0.2) is 14.8 Å². The van der Waals surface area contributed by atoms with Crippen LogP contribution >= 0.6 is 0 Å².